The second-order valence-electron chi connectivity index (χ2n) is 11.9. The van der Waals surface area contributed by atoms with E-state index < -0.39 is 0 Å². The highest BCUT2D eigenvalue weighted by Crippen LogP contribution is 2.37. The molecule has 196 valence electrons. The first-order valence-corrected chi connectivity index (χ1v) is 14.2. The summed E-state index contributed by atoms with van der Waals surface area (Å²) in [5.41, 5.74) is 5.26. The maximum absolute atomic E-state index is 6.53. The largest absolute Gasteiger partial charge is 0.493 e. The van der Waals surface area contributed by atoms with E-state index in [0.717, 1.165) is 57.7 Å². The van der Waals surface area contributed by atoms with Crippen molar-refractivity contribution in [2.45, 2.75) is 32.1 Å². The number of aromatic nitrogens is 1. The number of piperidine rings is 2. The van der Waals surface area contributed by atoms with Gasteiger partial charge in [-0.3, -0.25) is 0 Å². The number of benzene rings is 2. The number of quaternary nitrogens is 1. The second-order valence-corrected chi connectivity index (χ2v) is 11.9. The van der Waals surface area contributed by atoms with Crippen molar-refractivity contribution < 1.29 is 18.2 Å². The van der Waals surface area contributed by atoms with Crippen LogP contribution in [-0.2, 0) is 7.05 Å². The van der Waals surface area contributed by atoms with E-state index in [1.807, 2.05) is 0 Å². The van der Waals surface area contributed by atoms with E-state index in [1.54, 1.807) is 0 Å². The van der Waals surface area contributed by atoms with Gasteiger partial charge in [-0.25, -0.2) is 0 Å². The Morgan fingerprint density at radius 3 is 2.62 bits per heavy atom. The molecule has 2 saturated heterocycles. The Morgan fingerprint density at radius 1 is 1.03 bits per heavy atom. The molecule has 37 heavy (non-hydrogen) atoms. The summed E-state index contributed by atoms with van der Waals surface area (Å²) in [4.78, 5) is 2.58. The number of furan rings is 1. The van der Waals surface area contributed by atoms with E-state index in [1.165, 1.54) is 69.2 Å². The summed E-state index contributed by atoms with van der Waals surface area (Å²) in [7, 11) is 6.80. The monoisotopic (exact) mass is 502 g/mol. The number of fused-ring (bicyclic) bond motifs is 4. The number of rotatable bonds is 7. The van der Waals surface area contributed by atoms with Gasteiger partial charge in [0.1, 0.15) is 18.4 Å². The van der Waals surface area contributed by atoms with Gasteiger partial charge in [0.05, 0.1) is 50.3 Å². The highest BCUT2D eigenvalue weighted by molar-refractivity contribution is 6.11. The van der Waals surface area contributed by atoms with Crippen molar-refractivity contribution in [1.29, 1.82) is 0 Å². The number of anilines is 1. The normalized spacial score (nSPS) is 19.1. The molecule has 0 bridgehead atoms. The topological polar surface area (TPSA) is 41.5 Å². The molecule has 4 aromatic rings. The number of likely N-dealkylation sites (tertiary alicyclic amines) is 2. The zero-order valence-electron chi connectivity index (χ0n) is 22.8. The molecule has 2 aliphatic heterocycles. The van der Waals surface area contributed by atoms with E-state index in [9.17, 15) is 0 Å². The lowest BCUT2D eigenvalue weighted by atomic mass is 9.97. The molecule has 0 unspecified atom stereocenters. The van der Waals surface area contributed by atoms with Gasteiger partial charge in [0.25, 0.3) is 5.52 Å². The highest BCUT2D eigenvalue weighted by Gasteiger charge is 2.27. The molecule has 0 radical (unpaired) electrons. The van der Waals surface area contributed by atoms with Crippen molar-refractivity contribution in [2.75, 3.05) is 65.3 Å². The van der Waals surface area contributed by atoms with Crippen molar-refractivity contribution in [1.82, 2.24) is 4.90 Å². The first-order chi connectivity index (χ1) is 18.0. The molecule has 0 aliphatic carbocycles. The predicted octanol–water partition coefficient (Wildman–Crippen LogP) is 5.33. The van der Waals surface area contributed by atoms with Crippen LogP contribution in [0.25, 0.3) is 33.0 Å². The summed E-state index contributed by atoms with van der Waals surface area (Å²) in [6.45, 7) is 7.66. The van der Waals surface area contributed by atoms with E-state index in [2.05, 4.69) is 78.4 Å². The second kappa shape index (κ2) is 10.1. The number of para-hydroxylation sites is 1. The smallest absolute Gasteiger partial charge is 0.261 e. The zero-order valence-corrected chi connectivity index (χ0v) is 22.8. The molecular weight excluding hydrogens is 460 g/mol. The number of aryl methyl sites for hydroxylation is 1. The van der Waals surface area contributed by atoms with Crippen LogP contribution in [0.3, 0.4) is 0 Å². The van der Waals surface area contributed by atoms with E-state index in [0.29, 0.717) is 5.92 Å². The van der Waals surface area contributed by atoms with Crippen molar-refractivity contribution in [2.24, 2.45) is 13.0 Å². The summed E-state index contributed by atoms with van der Waals surface area (Å²) in [6, 6.07) is 15.0. The molecule has 0 spiro atoms. The highest BCUT2D eigenvalue weighted by atomic mass is 16.5. The van der Waals surface area contributed by atoms with Gasteiger partial charge in [0, 0.05) is 37.9 Å². The fraction of sp³-hybridized carbons (Fsp3) is 0.516. The molecule has 0 atom stereocenters. The lowest BCUT2D eigenvalue weighted by molar-refractivity contribution is -0.896. The van der Waals surface area contributed by atoms with Gasteiger partial charge in [-0.05, 0) is 50.2 Å². The first kappa shape index (κ1) is 24.5. The van der Waals surface area contributed by atoms with Gasteiger partial charge in [-0.1, -0.05) is 18.6 Å². The van der Waals surface area contributed by atoms with Gasteiger partial charge in [-0.15, -0.1) is 0 Å². The molecular formula is C31H42N4O2+2. The average molecular weight is 503 g/mol. The Morgan fingerprint density at radius 2 is 1.81 bits per heavy atom. The van der Waals surface area contributed by atoms with Gasteiger partial charge >= 0.3 is 0 Å². The van der Waals surface area contributed by atoms with Crippen LogP contribution in [0.5, 0.6) is 5.75 Å². The Balaban J connectivity index is 1.30. The number of pyridine rings is 1. The molecule has 2 aromatic carbocycles. The Labute approximate surface area is 220 Å². The SMILES string of the molecule is C[n+]1c2ccccc2c(NCCN2CCCCC2)c2oc3ccc(OCC4CC[N+](C)(C)CC4)cc3c21. The van der Waals surface area contributed by atoms with E-state index in [4.69, 9.17) is 9.15 Å². The summed E-state index contributed by atoms with van der Waals surface area (Å²) < 4.78 is 16.3. The summed E-state index contributed by atoms with van der Waals surface area (Å²) >= 11 is 0. The van der Waals surface area contributed by atoms with Gasteiger partial charge in [0.2, 0.25) is 11.1 Å². The number of nitrogens with one attached hydrogen (secondary N) is 1. The number of hydrogen-bond donors (Lipinski definition) is 1. The molecule has 2 aliphatic rings. The van der Waals surface area contributed by atoms with Crippen molar-refractivity contribution in [3.8, 4) is 5.75 Å². The quantitative estimate of drug-likeness (QED) is 0.274. The minimum atomic E-state index is 0.638. The molecule has 2 aromatic heterocycles. The Hall–Kier alpha value is -2.83. The molecule has 0 saturated carbocycles. The van der Waals surface area contributed by atoms with Crippen LogP contribution in [-0.4, -0.2) is 69.4 Å². The minimum Gasteiger partial charge on any atom is -0.493 e. The standard InChI is InChI=1S/C31H41N4O2/c1-33-27-10-6-5-9-25(27)29(32-15-18-34-16-7-4-8-17-34)31-30(33)26-21-24(11-12-28(26)37-31)36-22-23-13-19-35(2,3)20-14-23/h5-6,9-12,21,23H,4,7-8,13-20,22H2,1-3H3/q+1/p+1. The third-order valence-corrected chi connectivity index (χ3v) is 8.68. The summed E-state index contributed by atoms with van der Waals surface area (Å²) in [5, 5.41) is 6.09. The number of hydrogen-bond acceptors (Lipinski definition) is 4. The summed E-state index contributed by atoms with van der Waals surface area (Å²) in [6.07, 6.45) is 6.47. The fourth-order valence-corrected chi connectivity index (χ4v) is 6.27. The molecule has 0 amide bonds. The molecule has 1 N–H and O–H groups in total. The van der Waals surface area contributed by atoms with Gasteiger partial charge in [0.15, 0.2) is 0 Å². The van der Waals surface area contributed by atoms with Crippen LogP contribution < -0.4 is 14.6 Å². The first-order valence-electron chi connectivity index (χ1n) is 14.2. The molecule has 2 fully saturated rings. The number of ether oxygens (including phenoxy) is 1. The molecule has 6 heteroatoms. The van der Waals surface area contributed by atoms with Crippen LogP contribution in [0.2, 0.25) is 0 Å². The van der Waals surface area contributed by atoms with Crippen LogP contribution in [0, 0.1) is 5.92 Å². The Kier molecular flexibility index (Phi) is 6.72. The number of nitrogens with zero attached hydrogens (tertiary/aromatic N) is 3. The van der Waals surface area contributed by atoms with Crippen LogP contribution >= 0.6 is 0 Å². The van der Waals surface area contributed by atoms with Crippen molar-refractivity contribution in [3.63, 3.8) is 0 Å². The molecule has 6 nitrogen and oxygen atoms in total. The average Bonchev–Trinajstić information content (AvgIpc) is 3.29. The van der Waals surface area contributed by atoms with Crippen LogP contribution in [0.1, 0.15) is 32.1 Å². The van der Waals surface area contributed by atoms with Gasteiger partial charge < -0.3 is 23.9 Å². The third kappa shape index (κ3) is 5.01. The van der Waals surface area contributed by atoms with Crippen molar-refractivity contribution >= 4 is 38.7 Å². The maximum Gasteiger partial charge on any atom is 0.261 e. The van der Waals surface area contributed by atoms with Crippen LogP contribution in [0.4, 0.5) is 5.69 Å². The fourth-order valence-electron chi connectivity index (χ4n) is 6.27. The maximum atomic E-state index is 6.53. The lowest BCUT2D eigenvalue weighted by Crippen LogP contribution is -2.46. The third-order valence-electron chi connectivity index (χ3n) is 8.68. The summed E-state index contributed by atoms with van der Waals surface area (Å²) in [5.74, 6) is 1.57. The van der Waals surface area contributed by atoms with E-state index in [-0.39, 0.29) is 0 Å². The van der Waals surface area contributed by atoms with E-state index >= 15 is 0 Å². The Bertz CT molecular complexity index is 1390. The molecule has 6 rings (SSSR count). The predicted molar refractivity (Wildman–Crippen MR) is 151 cm³/mol. The minimum absolute atomic E-state index is 0.638. The van der Waals surface area contributed by atoms with Crippen LogP contribution in [0.15, 0.2) is 46.9 Å². The van der Waals surface area contributed by atoms with Crippen molar-refractivity contribution in [3.05, 3.63) is 42.5 Å². The zero-order chi connectivity index (χ0) is 25.4. The lowest BCUT2D eigenvalue weighted by Gasteiger charge is -2.37. The van der Waals surface area contributed by atoms with Gasteiger partial charge in [-0.2, -0.15) is 4.57 Å². The molecule has 4 heterocycles.